The maximum absolute atomic E-state index is 9.80. The Morgan fingerprint density at radius 1 is 1.33 bits per heavy atom. The van der Waals surface area contributed by atoms with E-state index in [1.54, 1.807) is 0 Å². The highest BCUT2D eigenvalue weighted by molar-refractivity contribution is 5.05. The third kappa shape index (κ3) is 0.891. The van der Waals surface area contributed by atoms with Crippen LogP contribution in [-0.4, -0.2) is 11.2 Å². The molecule has 0 radical (unpaired) electrons. The fraction of sp³-hybridized carbons (Fsp3) is 1.00. The molecule has 1 heteroatoms. The summed E-state index contributed by atoms with van der Waals surface area (Å²) in [7, 11) is 0. The highest BCUT2D eigenvalue weighted by Gasteiger charge is 2.56. The van der Waals surface area contributed by atoms with Crippen molar-refractivity contribution in [3.63, 3.8) is 0 Å². The van der Waals surface area contributed by atoms with Gasteiger partial charge < -0.3 is 5.11 Å². The van der Waals surface area contributed by atoms with Crippen LogP contribution in [0.4, 0.5) is 0 Å². The topological polar surface area (TPSA) is 20.2 Å². The van der Waals surface area contributed by atoms with Crippen LogP contribution in [0.2, 0.25) is 0 Å². The van der Waals surface area contributed by atoms with Gasteiger partial charge in [-0.1, -0.05) is 27.2 Å². The molecule has 3 fully saturated rings. The van der Waals surface area contributed by atoms with E-state index >= 15 is 0 Å². The minimum absolute atomic E-state index is 0.00627. The highest BCUT2D eigenvalue weighted by atomic mass is 16.3. The summed E-state index contributed by atoms with van der Waals surface area (Å²) in [5.74, 6) is 2.20. The molecule has 3 aliphatic carbocycles. The lowest BCUT2D eigenvalue weighted by Crippen LogP contribution is -2.57. The molecule has 1 nitrogen and oxygen atoms in total. The first-order valence-corrected chi connectivity index (χ1v) is 5.25. The Morgan fingerprint density at radius 2 is 2.00 bits per heavy atom. The normalized spacial score (nSPS) is 50.0. The first-order chi connectivity index (χ1) is 5.57. The molecule has 3 rings (SSSR count). The SMILES string of the molecule is CCC1C(O)C[C@H]2C[C@@H]1C2(C)C. The van der Waals surface area contributed by atoms with Gasteiger partial charge in [0.2, 0.25) is 0 Å². The van der Waals surface area contributed by atoms with Gasteiger partial charge in [0, 0.05) is 0 Å². The number of fused-ring (bicyclic) bond motifs is 2. The van der Waals surface area contributed by atoms with Crippen molar-refractivity contribution in [2.24, 2.45) is 23.2 Å². The maximum Gasteiger partial charge on any atom is 0.0574 e. The fourth-order valence-corrected chi connectivity index (χ4v) is 3.47. The first-order valence-electron chi connectivity index (χ1n) is 5.25. The standard InChI is InChI=1S/C11H20O/c1-4-8-9-5-7(6-10(8)12)11(9,2)3/h7-10,12H,4-6H2,1-3H3/t7-,8?,9+,10?/m1/s1. The Bertz CT molecular complexity index is 185. The van der Waals surface area contributed by atoms with Crippen LogP contribution in [0, 0.1) is 23.2 Å². The van der Waals surface area contributed by atoms with Crippen LogP contribution in [0.1, 0.15) is 40.0 Å². The smallest absolute Gasteiger partial charge is 0.0574 e. The van der Waals surface area contributed by atoms with Crippen LogP contribution in [-0.2, 0) is 0 Å². The van der Waals surface area contributed by atoms with E-state index in [0.717, 1.165) is 24.7 Å². The van der Waals surface area contributed by atoms with E-state index in [4.69, 9.17) is 0 Å². The molecule has 0 aromatic carbocycles. The van der Waals surface area contributed by atoms with Gasteiger partial charge in [0.15, 0.2) is 0 Å². The second-order valence-electron chi connectivity index (χ2n) is 5.24. The Hall–Kier alpha value is -0.0400. The Labute approximate surface area is 75.2 Å². The van der Waals surface area contributed by atoms with Crippen molar-refractivity contribution in [2.45, 2.75) is 46.1 Å². The lowest BCUT2D eigenvalue weighted by molar-refractivity contribution is -0.161. The van der Waals surface area contributed by atoms with Crippen molar-refractivity contribution in [3.05, 3.63) is 0 Å². The zero-order valence-corrected chi connectivity index (χ0v) is 8.38. The molecular formula is C11H20O. The van der Waals surface area contributed by atoms with E-state index in [2.05, 4.69) is 20.8 Å². The van der Waals surface area contributed by atoms with Gasteiger partial charge in [-0.2, -0.15) is 0 Å². The summed E-state index contributed by atoms with van der Waals surface area (Å²) in [6.45, 7) is 6.96. The molecule has 70 valence electrons. The second-order valence-corrected chi connectivity index (χ2v) is 5.24. The zero-order valence-electron chi connectivity index (χ0n) is 8.38. The molecular weight excluding hydrogens is 148 g/mol. The lowest BCUT2D eigenvalue weighted by atomic mass is 9.44. The third-order valence-electron chi connectivity index (χ3n) is 4.55. The molecule has 12 heavy (non-hydrogen) atoms. The molecule has 0 aromatic rings. The molecule has 0 spiro atoms. The largest absolute Gasteiger partial charge is 0.393 e. The van der Waals surface area contributed by atoms with Crippen molar-refractivity contribution in [1.82, 2.24) is 0 Å². The molecule has 3 aliphatic rings. The van der Waals surface area contributed by atoms with Crippen molar-refractivity contribution >= 4 is 0 Å². The van der Waals surface area contributed by atoms with Gasteiger partial charge in [-0.05, 0) is 36.0 Å². The van der Waals surface area contributed by atoms with Gasteiger partial charge >= 0.3 is 0 Å². The molecule has 0 saturated heterocycles. The van der Waals surface area contributed by atoms with Crippen LogP contribution in [0.15, 0.2) is 0 Å². The van der Waals surface area contributed by atoms with Crippen LogP contribution >= 0.6 is 0 Å². The predicted molar refractivity (Wildman–Crippen MR) is 49.8 cm³/mol. The van der Waals surface area contributed by atoms with E-state index in [-0.39, 0.29) is 6.10 Å². The summed E-state index contributed by atoms with van der Waals surface area (Å²) in [4.78, 5) is 0. The van der Waals surface area contributed by atoms with E-state index in [0.29, 0.717) is 11.3 Å². The molecule has 3 saturated carbocycles. The molecule has 0 aromatic heterocycles. The van der Waals surface area contributed by atoms with E-state index < -0.39 is 0 Å². The number of aliphatic hydroxyl groups is 1. The molecule has 1 N–H and O–H groups in total. The first kappa shape index (κ1) is 8.55. The van der Waals surface area contributed by atoms with E-state index in [1.807, 2.05) is 0 Å². The lowest BCUT2D eigenvalue weighted by Gasteiger charge is -2.61. The summed E-state index contributed by atoms with van der Waals surface area (Å²) < 4.78 is 0. The van der Waals surface area contributed by atoms with Gasteiger partial charge in [0.05, 0.1) is 6.10 Å². The fourth-order valence-electron chi connectivity index (χ4n) is 3.47. The second kappa shape index (κ2) is 2.47. The summed E-state index contributed by atoms with van der Waals surface area (Å²) in [5, 5.41) is 9.80. The monoisotopic (exact) mass is 168 g/mol. The molecule has 0 aliphatic heterocycles. The maximum atomic E-state index is 9.80. The van der Waals surface area contributed by atoms with Crippen LogP contribution in [0.3, 0.4) is 0 Å². The average molecular weight is 168 g/mol. The van der Waals surface area contributed by atoms with Crippen molar-refractivity contribution in [1.29, 1.82) is 0 Å². The van der Waals surface area contributed by atoms with Gasteiger partial charge in [-0.25, -0.2) is 0 Å². The minimum atomic E-state index is 0.00627. The van der Waals surface area contributed by atoms with Gasteiger partial charge in [0.25, 0.3) is 0 Å². The summed E-state index contributed by atoms with van der Waals surface area (Å²) in [5.41, 5.74) is 0.528. The Balaban J connectivity index is 2.15. The summed E-state index contributed by atoms with van der Waals surface area (Å²) in [6, 6.07) is 0. The highest BCUT2D eigenvalue weighted by Crippen LogP contribution is 2.61. The number of hydrogen-bond donors (Lipinski definition) is 1. The van der Waals surface area contributed by atoms with Crippen LogP contribution in [0.25, 0.3) is 0 Å². The number of hydrogen-bond acceptors (Lipinski definition) is 1. The van der Waals surface area contributed by atoms with Crippen molar-refractivity contribution in [2.75, 3.05) is 0 Å². The summed E-state index contributed by atoms with van der Waals surface area (Å²) >= 11 is 0. The van der Waals surface area contributed by atoms with Gasteiger partial charge in [-0.3, -0.25) is 0 Å². The zero-order chi connectivity index (χ0) is 8.93. The van der Waals surface area contributed by atoms with Crippen LogP contribution < -0.4 is 0 Å². The quantitative estimate of drug-likeness (QED) is 0.637. The van der Waals surface area contributed by atoms with Crippen LogP contribution in [0.5, 0.6) is 0 Å². The van der Waals surface area contributed by atoms with Gasteiger partial charge in [0.1, 0.15) is 0 Å². The number of aliphatic hydroxyl groups excluding tert-OH is 1. The third-order valence-corrected chi connectivity index (χ3v) is 4.55. The van der Waals surface area contributed by atoms with Crippen molar-refractivity contribution < 1.29 is 5.11 Å². The number of rotatable bonds is 1. The molecule has 4 atom stereocenters. The molecule has 2 unspecified atom stereocenters. The average Bonchev–Trinajstić information content (AvgIpc) is 2.03. The predicted octanol–water partition coefficient (Wildman–Crippen LogP) is 2.44. The molecule has 0 amide bonds. The molecule has 2 bridgehead atoms. The summed E-state index contributed by atoms with van der Waals surface area (Å²) in [6.07, 6.45) is 3.60. The Kier molecular flexibility index (Phi) is 1.76. The van der Waals surface area contributed by atoms with E-state index in [9.17, 15) is 5.11 Å². The van der Waals surface area contributed by atoms with E-state index in [1.165, 1.54) is 6.42 Å². The van der Waals surface area contributed by atoms with Crippen molar-refractivity contribution in [3.8, 4) is 0 Å². The minimum Gasteiger partial charge on any atom is -0.393 e. The Morgan fingerprint density at radius 3 is 2.42 bits per heavy atom. The molecule has 0 heterocycles. The van der Waals surface area contributed by atoms with Gasteiger partial charge in [-0.15, -0.1) is 0 Å².